The molecule has 2 aromatic carbocycles. The van der Waals surface area contributed by atoms with Crippen LogP contribution in [-0.4, -0.2) is 24.9 Å². The van der Waals surface area contributed by atoms with Gasteiger partial charge in [0.2, 0.25) is 0 Å². The predicted octanol–water partition coefficient (Wildman–Crippen LogP) is 4.21. The van der Waals surface area contributed by atoms with Crippen LogP contribution >= 0.6 is 15.9 Å². The number of benzene rings is 2. The molecule has 0 heterocycles. The van der Waals surface area contributed by atoms with E-state index in [2.05, 4.69) is 40.3 Å². The molecule has 0 amide bonds. The van der Waals surface area contributed by atoms with Crippen molar-refractivity contribution < 1.29 is 14.6 Å². The van der Waals surface area contributed by atoms with Crippen molar-refractivity contribution in [2.75, 3.05) is 13.7 Å². The lowest BCUT2D eigenvalue weighted by atomic mass is 10.1. The number of rotatable bonds is 9. The Kier molecular flexibility index (Phi) is 7.75. The molecule has 1 unspecified atom stereocenters. The third-order valence-corrected chi connectivity index (χ3v) is 4.82. The zero-order valence-corrected chi connectivity index (χ0v) is 16.6. The first-order valence-electron chi connectivity index (χ1n) is 8.47. The van der Waals surface area contributed by atoms with Crippen molar-refractivity contribution >= 4 is 15.9 Å². The van der Waals surface area contributed by atoms with Crippen LogP contribution in [0.15, 0.2) is 40.9 Å². The molecule has 25 heavy (non-hydrogen) atoms. The minimum atomic E-state index is 0.0988. The summed E-state index contributed by atoms with van der Waals surface area (Å²) in [5, 5.41) is 12.6. The summed E-state index contributed by atoms with van der Waals surface area (Å²) in [4.78, 5) is 0. The third-order valence-electron chi connectivity index (χ3n) is 4.23. The number of hydrogen-bond acceptors (Lipinski definition) is 4. The van der Waals surface area contributed by atoms with Crippen LogP contribution in [0.2, 0.25) is 0 Å². The second kappa shape index (κ2) is 9.80. The number of aryl methyl sites for hydroxylation is 1. The summed E-state index contributed by atoms with van der Waals surface area (Å²) >= 11 is 3.59. The zero-order valence-electron chi connectivity index (χ0n) is 15.0. The Balaban J connectivity index is 2.12. The highest BCUT2D eigenvalue weighted by molar-refractivity contribution is 9.10. The molecule has 0 spiro atoms. The van der Waals surface area contributed by atoms with Crippen LogP contribution in [0.25, 0.3) is 0 Å². The van der Waals surface area contributed by atoms with Crippen LogP contribution < -0.4 is 14.8 Å². The average Bonchev–Trinajstić information content (AvgIpc) is 2.62. The SMILES string of the molecule is CCC(CO)NCc1cc(Br)c(OCc2ccccc2C)c(OC)c1. The first-order chi connectivity index (χ1) is 12.1. The minimum absolute atomic E-state index is 0.0988. The van der Waals surface area contributed by atoms with Gasteiger partial charge in [-0.3, -0.25) is 0 Å². The Labute approximate surface area is 158 Å². The second-order valence-electron chi connectivity index (χ2n) is 5.99. The Hall–Kier alpha value is -1.56. The number of aliphatic hydroxyl groups excluding tert-OH is 1. The van der Waals surface area contributed by atoms with Crippen LogP contribution in [0.5, 0.6) is 11.5 Å². The summed E-state index contributed by atoms with van der Waals surface area (Å²) < 4.78 is 12.4. The van der Waals surface area contributed by atoms with E-state index in [1.165, 1.54) is 5.56 Å². The molecule has 0 aliphatic carbocycles. The highest BCUT2D eigenvalue weighted by Gasteiger charge is 2.13. The molecule has 0 saturated carbocycles. The van der Waals surface area contributed by atoms with Crippen molar-refractivity contribution in [2.45, 2.75) is 39.5 Å². The van der Waals surface area contributed by atoms with Crippen molar-refractivity contribution in [3.8, 4) is 11.5 Å². The van der Waals surface area contributed by atoms with Gasteiger partial charge < -0.3 is 19.9 Å². The smallest absolute Gasteiger partial charge is 0.175 e. The van der Waals surface area contributed by atoms with E-state index in [0.29, 0.717) is 24.7 Å². The molecule has 0 aromatic heterocycles. The third kappa shape index (κ3) is 5.46. The lowest BCUT2D eigenvalue weighted by Gasteiger charge is -2.17. The summed E-state index contributed by atoms with van der Waals surface area (Å²) in [6.07, 6.45) is 0.881. The summed E-state index contributed by atoms with van der Waals surface area (Å²) in [5.74, 6) is 1.39. The Bertz CT molecular complexity index is 687. The lowest BCUT2D eigenvalue weighted by Crippen LogP contribution is -2.31. The van der Waals surface area contributed by atoms with Gasteiger partial charge in [-0.05, 0) is 58.1 Å². The Morgan fingerprint density at radius 1 is 1.24 bits per heavy atom. The minimum Gasteiger partial charge on any atom is -0.493 e. The summed E-state index contributed by atoms with van der Waals surface area (Å²) in [7, 11) is 1.64. The van der Waals surface area contributed by atoms with Gasteiger partial charge in [0.1, 0.15) is 6.61 Å². The number of nitrogens with one attached hydrogen (secondary N) is 1. The Morgan fingerprint density at radius 2 is 2.00 bits per heavy atom. The van der Waals surface area contributed by atoms with Gasteiger partial charge in [0.05, 0.1) is 18.2 Å². The van der Waals surface area contributed by atoms with Gasteiger partial charge in [-0.2, -0.15) is 0 Å². The zero-order chi connectivity index (χ0) is 18.2. The number of aliphatic hydroxyl groups is 1. The monoisotopic (exact) mass is 407 g/mol. The maximum atomic E-state index is 9.29. The molecule has 4 nitrogen and oxygen atoms in total. The van der Waals surface area contributed by atoms with E-state index in [4.69, 9.17) is 9.47 Å². The van der Waals surface area contributed by atoms with E-state index in [1.54, 1.807) is 7.11 Å². The molecule has 0 saturated heterocycles. The molecule has 2 aromatic rings. The van der Waals surface area contributed by atoms with E-state index in [0.717, 1.165) is 22.0 Å². The fraction of sp³-hybridized carbons (Fsp3) is 0.400. The van der Waals surface area contributed by atoms with Gasteiger partial charge in [-0.1, -0.05) is 31.2 Å². The van der Waals surface area contributed by atoms with Gasteiger partial charge >= 0.3 is 0 Å². The van der Waals surface area contributed by atoms with Gasteiger partial charge in [-0.25, -0.2) is 0 Å². The first kappa shape index (κ1) is 19.8. The Morgan fingerprint density at radius 3 is 2.64 bits per heavy atom. The van der Waals surface area contributed by atoms with E-state index >= 15 is 0 Å². The highest BCUT2D eigenvalue weighted by Crippen LogP contribution is 2.37. The molecular formula is C20H26BrNO3. The average molecular weight is 408 g/mol. The summed E-state index contributed by atoms with van der Waals surface area (Å²) in [6, 6.07) is 12.3. The molecule has 5 heteroatoms. The summed E-state index contributed by atoms with van der Waals surface area (Å²) in [6.45, 7) is 5.40. The fourth-order valence-electron chi connectivity index (χ4n) is 2.54. The molecule has 1 atom stereocenters. The fourth-order valence-corrected chi connectivity index (χ4v) is 3.14. The molecular weight excluding hydrogens is 382 g/mol. The van der Waals surface area contributed by atoms with E-state index in [1.807, 2.05) is 31.2 Å². The van der Waals surface area contributed by atoms with Crippen LogP contribution in [0, 0.1) is 6.92 Å². The van der Waals surface area contributed by atoms with Crippen LogP contribution in [0.3, 0.4) is 0 Å². The van der Waals surface area contributed by atoms with E-state index < -0.39 is 0 Å². The van der Waals surface area contributed by atoms with Gasteiger partial charge in [0.25, 0.3) is 0 Å². The molecule has 2 rings (SSSR count). The molecule has 0 fully saturated rings. The van der Waals surface area contributed by atoms with Crippen LogP contribution in [0.1, 0.15) is 30.0 Å². The van der Waals surface area contributed by atoms with Crippen molar-refractivity contribution in [2.24, 2.45) is 0 Å². The van der Waals surface area contributed by atoms with Crippen LogP contribution in [0.4, 0.5) is 0 Å². The standard InChI is InChI=1S/C20H26BrNO3/c1-4-17(12-23)22-11-15-9-18(21)20(19(10-15)24-3)25-13-16-8-6-5-7-14(16)2/h5-10,17,22-23H,4,11-13H2,1-3H3. The van der Waals surface area contributed by atoms with Gasteiger partial charge in [0.15, 0.2) is 11.5 Å². The highest BCUT2D eigenvalue weighted by atomic mass is 79.9. The number of halogens is 1. The molecule has 2 N–H and O–H groups in total. The molecule has 0 aliphatic rings. The maximum Gasteiger partial charge on any atom is 0.175 e. The second-order valence-corrected chi connectivity index (χ2v) is 6.85. The predicted molar refractivity (Wildman–Crippen MR) is 104 cm³/mol. The van der Waals surface area contributed by atoms with Crippen molar-refractivity contribution in [3.05, 3.63) is 57.6 Å². The maximum absolute atomic E-state index is 9.29. The number of hydrogen-bond donors (Lipinski definition) is 2. The van der Waals surface area contributed by atoms with E-state index in [9.17, 15) is 5.11 Å². The van der Waals surface area contributed by atoms with Crippen molar-refractivity contribution in [1.82, 2.24) is 5.32 Å². The number of ether oxygens (including phenoxy) is 2. The molecule has 136 valence electrons. The van der Waals surface area contributed by atoms with Crippen LogP contribution in [-0.2, 0) is 13.2 Å². The molecule has 0 radical (unpaired) electrons. The van der Waals surface area contributed by atoms with Gasteiger partial charge in [-0.15, -0.1) is 0 Å². The van der Waals surface area contributed by atoms with E-state index in [-0.39, 0.29) is 12.6 Å². The molecule has 0 aliphatic heterocycles. The summed E-state index contributed by atoms with van der Waals surface area (Å²) in [5.41, 5.74) is 3.42. The normalized spacial score (nSPS) is 12.0. The lowest BCUT2D eigenvalue weighted by molar-refractivity contribution is 0.238. The quantitative estimate of drug-likeness (QED) is 0.653. The topological polar surface area (TPSA) is 50.7 Å². The van der Waals surface area contributed by atoms with Gasteiger partial charge in [0, 0.05) is 12.6 Å². The largest absolute Gasteiger partial charge is 0.493 e. The first-order valence-corrected chi connectivity index (χ1v) is 9.26. The number of methoxy groups -OCH3 is 1. The van der Waals surface area contributed by atoms with Crippen molar-refractivity contribution in [3.63, 3.8) is 0 Å². The molecule has 0 bridgehead atoms. The van der Waals surface area contributed by atoms with Crippen molar-refractivity contribution in [1.29, 1.82) is 0 Å².